The van der Waals surface area contributed by atoms with Gasteiger partial charge < -0.3 is 9.47 Å². The minimum Gasteiger partial charge on any atom is -0.463 e. The molecule has 0 saturated heterocycles. The lowest BCUT2D eigenvalue weighted by Crippen LogP contribution is -2.15. The van der Waals surface area contributed by atoms with Gasteiger partial charge in [-0.2, -0.15) is 4.98 Å². The number of hydrogen-bond acceptors (Lipinski definition) is 5. The number of rotatable bonds is 7. The molecule has 0 fully saturated rings. The summed E-state index contributed by atoms with van der Waals surface area (Å²) in [5, 5.41) is 8.94. The fourth-order valence-corrected chi connectivity index (χ4v) is 1.14. The number of nitrogens with one attached hydrogen (secondary N) is 2. The first-order valence-electron chi connectivity index (χ1n) is 5.53. The highest BCUT2D eigenvalue weighted by molar-refractivity contribution is 5.88. The van der Waals surface area contributed by atoms with Gasteiger partial charge in [0.1, 0.15) is 0 Å². The Morgan fingerprint density at radius 2 is 2.35 bits per heavy atom. The first-order valence-corrected chi connectivity index (χ1v) is 5.53. The Kier molecular flexibility index (Phi) is 5.41. The number of ether oxygens (including phenoxy) is 2. The zero-order valence-electron chi connectivity index (χ0n) is 10.3. The number of anilines is 1. The van der Waals surface area contributed by atoms with Gasteiger partial charge >= 0.3 is 6.01 Å². The molecular formula is C10H18N4O3. The Hall–Kier alpha value is -1.63. The average molecular weight is 242 g/mol. The Bertz CT molecular complexity index is 353. The summed E-state index contributed by atoms with van der Waals surface area (Å²) in [6, 6.07) is 0.230. The van der Waals surface area contributed by atoms with Crippen molar-refractivity contribution in [2.75, 3.05) is 19.0 Å². The van der Waals surface area contributed by atoms with E-state index in [-0.39, 0.29) is 18.0 Å². The number of carbonyl (C=O) groups is 1. The van der Waals surface area contributed by atoms with Gasteiger partial charge in [0, 0.05) is 13.5 Å². The van der Waals surface area contributed by atoms with Crippen molar-refractivity contribution in [3.63, 3.8) is 0 Å². The van der Waals surface area contributed by atoms with E-state index in [1.807, 2.05) is 13.8 Å². The maximum atomic E-state index is 11.5. The Morgan fingerprint density at radius 1 is 1.59 bits per heavy atom. The minimum absolute atomic E-state index is 0.0643. The molecule has 0 radical (unpaired) electrons. The normalized spacial score (nSPS) is 12.2. The summed E-state index contributed by atoms with van der Waals surface area (Å²) in [5.41, 5.74) is 0. The van der Waals surface area contributed by atoms with E-state index in [4.69, 9.17) is 9.47 Å². The molecule has 0 bridgehead atoms. The topological polar surface area (TPSA) is 89.1 Å². The van der Waals surface area contributed by atoms with Crippen LogP contribution in [0.2, 0.25) is 0 Å². The van der Waals surface area contributed by atoms with Crippen LogP contribution in [0, 0.1) is 0 Å². The number of aromatic nitrogens is 3. The zero-order chi connectivity index (χ0) is 12.7. The largest absolute Gasteiger partial charge is 0.463 e. The van der Waals surface area contributed by atoms with Gasteiger partial charge in [0.15, 0.2) is 0 Å². The summed E-state index contributed by atoms with van der Waals surface area (Å²) in [4.78, 5) is 15.4. The van der Waals surface area contributed by atoms with E-state index in [0.717, 1.165) is 0 Å². The molecule has 1 atom stereocenters. The van der Waals surface area contributed by atoms with E-state index in [1.165, 1.54) is 0 Å². The quantitative estimate of drug-likeness (QED) is 0.743. The van der Waals surface area contributed by atoms with Gasteiger partial charge in [-0.3, -0.25) is 10.1 Å². The fourth-order valence-electron chi connectivity index (χ4n) is 1.14. The average Bonchev–Trinajstić information content (AvgIpc) is 2.74. The highest BCUT2D eigenvalue weighted by Gasteiger charge is 2.09. The SMILES string of the molecule is CCOc1n[nH]c(NC(=O)CCC(C)OC)n1. The molecule has 1 amide bonds. The number of hydrogen-bond donors (Lipinski definition) is 2. The standard InChI is InChI=1S/C10H18N4O3/c1-4-17-10-12-9(13-14-10)11-8(15)6-5-7(2)16-3/h7H,4-6H2,1-3H3,(H2,11,12,13,14,15). The van der Waals surface area contributed by atoms with Crippen LogP contribution in [-0.4, -0.2) is 40.9 Å². The fraction of sp³-hybridized carbons (Fsp3) is 0.700. The number of aromatic amines is 1. The lowest BCUT2D eigenvalue weighted by molar-refractivity contribution is -0.116. The number of carbonyl (C=O) groups excluding carboxylic acids is 1. The number of nitrogens with zero attached hydrogens (tertiary/aromatic N) is 2. The summed E-state index contributed by atoms with van der Waals surface area (Å²) in [5.74, 6) is 0.164. The molecule has 7 nitrogen and oxygen atoms in total. The molecule has 0 saturated carbocycles. The molecule has 7 heteroatoms. The third kappa shape index (κ3) is 4.81. The third-order valence-electron chi connectivity index (χ3n) is 2.18. The van der Waals surface area contributed by atoms with Crippen LogP contribution >= 0.6 is 0 Å². The first kappa shape index (κ1) is 13.4. The predicted octanol–water partition coefficient (Wildman–Crippen LogP) is 0.957. The van der Waals surface area contributed by atoms with E-state index in [0.29, 0.717) is 25.4 Å². The molecule has 17 heavy (non-hydrogen) atoms. The Labute approximate surface area is 99.9 Å². The Balaban J connectivity index is 2.34. The van der Waals surface area contributed by atoms with Gasteiger partial charge in [0.25, 0.3) is 0 Å². The van der Waals surface area contributed by atoms with Crippen LogP contribution in [-0.2, 0) is 9.53 Å². The molecule has 2 N–H and O–H groups in total. The number of methoxy groups -OCH3 is 1. The smallest absolute Gasteiger partial charge is 0.337 e. The van der Waals surface area contributed by atoms with E-state index in [9.17, 15) is 4.79 Å². The van der Waals surface area contributed by atoms with Crippen molar-refractivity contribution in [2.45, 2.75) is 32.8 Å². The molecule has 0 aliphatic rings. The molecule has 1 rings (SSSR count). The van der Waals surface area contributed by atoms with E-state index in [2.05, 4.69) is 20.5 Å². The van der Waals surface area contributed by atoms with Crippen LogP contribution in [0.3, 0.4) is 0 Å². The molecule has 1 unspecified atom stereocenters. The van der Waals surface area contributed by atoms with Gasteiger partial charge in [0.2, 0.25) is 11.9 Å². The molecule has 96 valence electrons. The molecule has 0 aliphatic heterocycles. The van der Waals surface area contributed by atoms with Crippen LogP contribution in [0.25, 0.3) is 0 Å². The predicted molar refractivity (Wildman–Crippen MR) is 61.9 cm³/mol. The van der Waals surface area contributed by atoms with Crippen LogP contribution in [0.1, 0.15) is 26.7 Å². The zero-order valence-corrected chi connectivity index (χ0v) is 10.3. The van der Waals surface area contributed by atoms with Gasteiger partial charge in [-0.1, -0.05) is 0 Å². The second-order valence-electron chi connectivity index (χ2n) is 3.53. The molecule has 1 aromatic rings. The van der Waals surface area contributed by atoms with E-state index >= 15 is 0 Å². The molecular weight excluding hydrogens is 224 g/mol. The number of amides is 1. The van der Waals surface area contributed by atoms with Gasteiger partial charge in [-0.05, 0) is 20.3 Å². The summed E-state index contributed by atoms with van der Waals surface area (Å²) in [6.07, 6.45) is 1.10. The lowest BCUT2D eigenvalue weighted by Gasteiger charge is -2.07. The number of H-pyrrole nitrogens is 1. The van der Waals surface area contributed by atoms with Crippen molar-refractivity contribution < 1.29 is 14.3 Å². The monoisotopic (exact) mass is 242 g/mol. The summed E-state index contributed by atoms with van der Waals surface area (Å²) in [7, 11) is 1.62. The molecule has 0 aromatic carbocycles. The summed E-state index contributed by atoms with van der Waals surface area (Å²) in [6.45, 7) is 4.23. The summed E-state index contributed by atoms with van der Waals surface area (Å²) >= 11 is 0. The maximum Gasteiger partial charge on any atom is 0.337 e. The van der Waals surface area contributed by atoms with Gasteiger partial charge in [-0.15, -0.1) is 5.10 Å². The van der Waals surface area contributed by atoms with Crippen LogP contribution in [0.4, 0.5) is 5.95 Å². The van der Waals surface area contributed by atoms with Crippen LogP contribution < -0.4 is 10.1 Å². The maximum absolute atomic E-state index is 11.5. The van der Waals surface area contributed by atoms with Crippen molar-refractivity contribution >= 4 is 11.9 Å². The lowest BCUT2D eigenvalue weighted by atomic mass is 10.2. The third-order valence-corrected chi connectivity index (χ3v) is 2.18. The van der Waals surface area contributed by atoms with Crippen molar-refractivity contribution in [1.29, 1.82) is 0 Å². The van der Waals surface area contributed by atoms with Crippen molar-refractivity contribution in [3.05, 3.63) is 0 Å². The molecule has 0 spiro atoms. The van der Waals surface area contributed by atoms with E-state index < -0.39 is 0 Å². The molecule has 0 aliphatic carbocycles. The van der Waals surface area contributed by atoms with Crippen LogP contribution in [0.5, 0.6) is 6.01 Å². The van der Waals surface area contributed by atoms with Crippen molar-refractivity contribution in [1.82, 2.24) is 15.2 Å². The van der Waals surface area contributed by atoms with Crippen molar-refractivity contribution in [2.24, 2.45) is 0 Å². The van der Waals surface area contributed by atoms with Gasteiger partial charge in [0.05, 0.1) is 12.7 Å². The highest BCUT2D eigenvalue weighted by Crippen LogP contribution is 2.07. The second-order valence-corrected chi connectivity index (χ2v) is 3.53. The first-order chi connectivity index (χ1) is 8.15. The Morgan fingerprint density at radius 3 is 3.00 bits per heavy atom. The molecule has 1 aromatic heterocycles. The summed E-state index contributed by atoms with van der Waals surface area (Å²) < 4.78 is 10.1. The second kappa shape index (κ2) is 6.85. The van der Waals surface area contributed by atoms with E-state index in [1.54, 1.807) is 7.11 Å². The van der Waals surface area contributed by atoms with Crippen LogP contribution in [0.15, 0.2) is 0 Å². The minimum atomic E-state index is -0.131. The molecule has 1 heterocycles. The van der Waals surface area contributed by atoms with Gasteiger partial charge in [-0.25, -0.2) is 5.10 Å². The van der Waals surface area contributed by atoms with Crippen molar-refractivity contribution in [3.8, 4) is 6.01 Å². The highest BCUT2D eigenvalue weighted by atomic mass is 16.5.